The molecule has 0 amide bonds. The topological polar surface area (TPSA) is 44.5 Å². The van der Waals surface area contributed by atoms with Gasteiger partial charge in [-0.15, -0.1) is 0 Å². The molecule has 0 radical (unpaired) electrons. The molecule has 0 saturated carbocycles. The smallest absolute Gasteiger partial charge is 0.104 e. The summed E-state index contributed by atoms with van der Waals surface area (Å²) in [6.07, 6.45) is 5.33. The van der Waals surface area contributed by atoms with E-state index in [1.807, 2.05) is 19.1 Å². The zero-order valence-corrected chi connectivity index (χ0v) is 10.7. The van der Waals surface area contributed by atoms with Crippen LogP contribution in [-0.2, 0) is 6.42 Å². The second-order valence-corrected chi connectivity index (χ2v) is 4.90. The molecule has 2 aromatic rings. The van der Waals surface area contributed by atoms with E-state index in [2.05, 4.69) is 46.2 Å². The van der Waals surface area contributed by atoms with Crippen molar-refractivity contribution in [1.82, 2.24) is 15.0 Å². The van der Waals surface area contributed by atoms with Crippen molar-refractivity contribution in [3.63, 3.8) is 0 Å². The van der Waals surface area contributed by atoms with Crippen LogP contribution in [0.1, 0.15) is 24.1 Å². The van der Waals surface area contributed by atoms with Crippen LogP contribution in [0, 0.1) is 12.8 Å². The molecule has 0 aliphatic heterocycles. The van der Waals surface area contributed by atoms with E-state index in [9.17, 15) is 0 Å². The van der Waals surface area contributed by atoms with Gasteiger partial charge in [0, 0.05) is 5.69 Å². The van der Waals surface area contributed by atoms with Crippen molar-refractivity contribution >= 4 is 17.1 Å². The lowest BCUT2D eigenvalue weighted by Gasteiger charge is -2.14. The van der Waals surface area contributed by atoms with Crippen molar-refractivity contribution in [3.05, 3.63) is 47.6 Å². The minimum absolute atomic E-state index is 0.561. The van der Waals surface area contributed by atoms with E-state index >= 15 is 0 Å². The molecule has 2 N–H and O–H groups in total. The Balaban J connectivity index is 2.36. The lowest BCUT2D eigenvalue weighted by Crippen LogP contribution is -2.07. The molecular formula is C15H17N3. The number of nitrogens with zero attached hydrogens (tertiary/aromatic N) is 1. The Bertz CT molecular complexity index is 660. The maximum atomic E-state index is 4.63. The summed E-state index contributed by atoms with van der Waals surface area (Å²) in [6, 6.07) is 8.23. The van der Waals surface area contributed by atoms with E-state index in [0.29, 0.717) is 5.92 Å². The van der Waals surface area contributed by atoms with Crippen LogP contribution in [0.2, 0.25) is 0 Å². The number of hydrogen-bond acceptors (Lipinski definition) is 1. The normalized spacial score (nSPS) is 17.6. The fourth-order valence-electron chi connectivity index (χ4n) is 2.34. The highest BCUT2D eigenvalue weighted by atomic mass is 14.9. The summed E-state index contributed by atoms with van der Waals surface area (Å²) in [5, 5.41) is 0. The number of para-hydroxylation sites is 2. The average molecular weight is 239 g/mol. The summed E-state index contributed by atoms with van der Waals surface area (Å²) < 4.78 is 0. The van der Waals surface area contributed by atoms with Crippen molar-refractivity contribution < 1.29 is 0 Å². The third kappa shape index (κ3) is 2.04. The van der Waals surface area contributed by atoms with Gasteiger partial charge in [-0.2, -0.15) is 0 Å². The molecule has 0 saturated heterocycles. The van der Waals surface area contributed by atoms with Gasteiger partial charge in [-0.25, -0.2) is 4.98 Å². The molecule has 18 heavy (non-hydrogen) atoms. The van der Waals surface area contributed by atoms with Gasteiger partial charge in [0.15, 0.2) is 0 Å². The van der Waals surface area contributed by atoms with Crippen LogP contribution >= 0.6 is 0 Å². The highest BCUT2D eigenvalue weighted by Gasteiger charge is 2.10. The molecule has 0 spiro atoms. The maximum absolute atomic E-state index is 4.63. The Hall–Kier alpha value is -2.03. The molecule has 1 aliphatic carbocycles. The van der Waals surface area contributed by atoms with Crippen LogP contribution in [0.25, 0.3) is 17.1 Å². The number of aromatic nitrogens is 3. The second kappa shape index (κ2) is 4.33. The lowest BCUT2D eigenvalue weighted by molar-refractivity contribution is 0.697. The number of rotatable bonds is 0. The van der Waals surface area contributed by atoms with Crippen molar-refractivity contribution in [2.75, 3.05) is 0 Å². The first-order chi connectivity index (χ1) is 8.72. The second-order valence-electron chi connectivity index (χ2n) is 4.90. The molecule has 0 fully saturated rings. The first-order valence-corrected chi connectivity index (χ1v) is 6.32. The minimum atomic E-state index is 0.561. The number of benzene rings is 1. The molecule has 92 valence electrons. The highest BCUT2D eigenvalue weighted by Crippen LogP contribution is 2.19. The van der Waals surface area contributed by atoms with E-state index in [1.54, 1.807) is 0 Å². The van der Waals surface area contributed by atoms with Gasteiger partial charge in [0.25, 0.3) is 0 Å². The van der Waals surface area contributed by atoms with Crippen LogP contribution in [0.15, 0.2) is 30.3 Å². The summed E-state index contributed by atoms with van der Waals surface area (Å²) in [4.78, 5) is 11.5. The summed E-state index contributed by atoms with van der Waals surface area (Å²) in [6.45, 7) is 4.22. The van der Waals surface area contributed by atoms with Gasteiger partial charge >= 0.3 is 0 Å². The van der Waals surface area contributed by atoms with Crippen LogP contribution < -0.4 is 0 Å². The number of hydrogen-bond donors (Lipinski definition) is 2. The monoisotopic (exact) mass is 239 g/mol. The largest absolute Gasteiger partial charge is 0.355 e. The molecule has 0 unspecified atom stereocenters. The van der Waals surface area contributed by atoms with E-state index in [-0.39, 0.29) is 0 Å². The number of fused-ring (bicyclic) bond motifs is 2. The van der Waals surface area contributed by atoms with E-state index < -0.39 is 0 Å². The van der Waals surface area contributed by atoms with Crippen LogP contribution in [0.3, 0.4) is 0 Å². The first kappa shape index (κ1) is 11.1. The molecule has 1 atom stereocenters. The summed E-state index contributed by atoms with van der Waals surface area (Å²) in [5.41, 5.74) is 4.43. The minimum Gasteiger partial charge on any atom is -0.355 e. The molecule has 1 aromatic heterocycles. The van der Waals surface area contributed by atoms with Gasteiger partial charge in [0.05, 0.1) is 16.7 Å². The standard InChI is InChI=1S/C15H17N3/c1-10-7-8-14-15(9-10)18-13-6-4-3-5-12(13)16-11(2)17-14/h3-8,10,18H,9H2,1-2H3,(H,16,17)/t10-/m0/s1. The Morgan fingerprint density at radius 2 is 1.89 bits per heavy atom. The molecular weight excluding hydrogens is 222 g/mol. The summed E-state index contributed by atoms with van der Waals surface area (Å²) >= 11 is 0. The predicted octanol–water partition coefficient (Wildman–Crippen LogP) is 3.53. The zero-order chi connectivity index (χ0) is 12.5. The number of H-pyrrole nitrogens is 2. The average Bonchev–Trinajstić information content (AvgIpc) is 2.33. The molecule has 3 heteroatoms. The third-order valence-electron chi connectivity index (χ3n) is 3.23. The number of aromatic amines is 2. The van der Waals surface area contributed by atoms with Gasteiger partial charge in [0.2, 0.25) is 0 Å². The Labute approximate surface area is 106 Å². The number of nitrogens with one attached hydrogen (secondary N) is 2. The first-order valence-electron chi connectivity index (χ1n) is 6.32. The van der Waals surface area contributed by atoms with Gasteiger partial charge < -0.3 is 9.97 Å². The van der Waals surface area contributed by atoms with Crippen LogP contribution in [0.4, 0.5) is 0 Å². The molecule has 3 nitrogen and oxygen atoms in total. The van der Waals surface area contributed by atoms with Crippen molar-refractivity contribution in [2.24, 2.45) is 5.92 Å². The molecule has 1 aromatic carbocycles. The predicted molar refractivity (Wildman–Crippen MR) is 74.7 cm³/mol. The van der Waals surface area contributed by atoms with Crippen LogP contribution in [-0.4, -0.2) is 15.0 Å². The van der Waals surface area contributed by atoms with Gasteiger partial charge in [-0.05, 0) is 37.5 Å². The number of allylic oxidation sites excluding steroid dienone is 1. The molecule has 0 bridgehead atoms. The van der Waals surface area contributed by atoms with Gasteiger partial charge in [0.1, 0.15) is 5.82 Å². The Morgan fingerprint density at radius 3 is 2.67 bits per heavy atom. The fourth-order valence-corrected chi connectivity index (χ4v) is 2.34. The molecule has 1 aliphatic rings. The van der Waals surface area contributed by atoms with Gasteiger partial charge in [-0.3, -0.25) is 0 Å². The van der Waals surface area contributed by atoms with Crippen LogP contribution in [0.5, 0.6) is 0 Å². The molecule has 3 rings (SSSR count). The summed E-state index contributed by atoms with van der Waals surface area (Å²) in [7, 11) is 0. The van der Waals surface area contributed by atoms with Crippen molar-refractivity contribution in [1.29, 1.82) is 0 Å². The third-order valence-corrected chi connectivity index (χ3v) is 3.23. The highest BCUT2D eigenvalue weighted by molar-refractivity contribution is 5.73. The SMILES string of the molecule is Cc1nc2c([nH]c3ccccc3[nH]1)C[C@@H](C)C=C2. The van der Waals surface area contributed by atoms with Crippen molar-refractivity contribution in [2.45, 2.75) is 20.3 Å². The van der Waals surface area contributed by atoms with Gasteiger partial charge in [-0.1, -0.05) is 25.1 Å². The Morgan fingerprint density at radius 1 is 1.17 bits per heavy atom. The number of aryl methyl sites for hydroxylation is 1. The van der Waals surface area contributed by atoms with E-state index in [4.69, 9.17) is 0 Å². The van der Waals surface area contributed by atoms with Crippen molar-refractivity contribution in [3.8, 4) is 0 Å². The quantitative estimate of drug-likeness (QED) is 0.725. The lowest BCUT2D eigenvalue weighted by atomic mass is 9.98. The van der Waals surface area contributed by atoms with E-state index in [1.165, 1.54) is 5.69 Å². The van der Waals surface area contributed by atoms with E-state index in [0.717, 1.165) is 29.0 Å². The maximum Gasteiger partial charge on any atom is 0.104 e. The zero-order valence-electron chi connectivity index (χ0n) is 10.7. The molecule has 1 heterocycles. The summed E-state index contributed by atoms with van der Waals surface area (Å²) in [5.74, 6) is 1.49. The Kier molecular flexibility index (Phi) is 2.67. The fraction of sp³-hybridized carbons (Fsp3) is 0.267.